The van der Waals surface area contributed by atoms with Crippen molar-refractivity contribution in [2.75, 3.05) is 18.0 Å². The van der Waals surface area contributed by atoms with Crippen LogP contribution in [0.3, 0.4) is 0 Å². The fourth-order valence-corrected chi connectivity index (χ4v) is 7.58. The second-order valence-corrected chi connectivity index (χ2v) is 14.6. The van der Waals surface area contributed by atoms with Gasteiger partial charge in [0, 0.05) is 23.7 Å². The monoisotopic (exact) mass is 588 g/mol. The highest BCUT2D eigenvalue weighted by Gasteiger charge is 2.38. The Morgan fingerprint density at radius 3 is 2.62 bits per heavy atom. The Hall–Kier alpha value is -2.29. The molecule has 2 aromatic rings. The summed E-state index contributed by atoms with van der Waals surface area (Å²) >= 11 is 6.30. The molecule has 2 N–H and O–H groups in total. The van der Waals surface area contributed by atoms with Gasteiger partial charge in [-0.1, -0.05) is 24.6 Å². The molecule has 0 saturated heterocycles. The predicted octanol–water partition coefficient (Wildman–Crippen LogP) is 5.72. The summed E-state index contributed by atoms with van der Waals surface area (Å²) in [5.41, 5.74) is 3.34. The maximum absolute atomic E-state index is 13.2. The Labute approximate surface area is 243 Å². The number of aliphatic hydroxyl groups is 1. The Morgan fingerprint density at radius 2 is 1.85 bits per heavy atom. The van der Waals surface area contributed by atoms with Gasteiger partial charge in [-0.2, -0.15) is 0 Å². The molecule has 3 aliphatic rings. The molecule has 218 valence electrons. The van der Waals surface area contributed by atoms with Gasteiger partial charge in [-0.3, -0.25) is 4.79 Å². The van der Waals surface area contributed by atoms with E-state index < -0.39 is 27.3 Å². The second-order valence-electron chi connectivity index (χ2n) is 12.1. The number of fused-ring (bicyclic) bond motifs is 3. The number of ether oxygens (including phenoxy) is 1. The van der Waals surface area contributed by atoms with Crippen molar-refractivity contribution in [1.82, 2.24) is 4.72 Å². The summed E-state index contributed by atoms with van der Waals surface area (Å²) in [6.45, 7) is 5.60. The lowest BCUT2D eigenvalue weighted by Gasteiger charge is -2.44. The number of carbonyl (C=O) groups is 1. The molecule has 5 rings (SSSR count). The highest BCUT2D eigenvalue weighted by molar-refractivity contribution is 7.90. The first-order valence-corrected chi connectivity index (χ1v) is 16.6. The predicted molar refractivity (Wildman–Crippen MR) is 158 cm³/mol. The number of aliphatic hydroxyl groups excluding tert-OH is 1. The Morgan fingerprint density at radius 1 is 1.02 bits per heavy atom. The molecule has 40 heavy (non-hydrogen) atoms. The van der Waals surface area contributed by atoms with E-state index in [4.69, 9.17) is 16.3 Å². The van der Waals surface area contributed by atoms with E-state index in [0.717, 1.165) is 56.4 Å². The molecule has 7 nitrogen and oxygen atoms in total. The zero-order chi connectivity index (χ0) is 28.4. The number of anilines is 1. The van der Waals surface area contributed by atoms with Crippen molar-refractivity contribution in [3.8, 4) is 5.75 Å². The molecule has 0 spiro atoms. The molecule has 0 aromatic heterocycles. The van der Waals surface area contributed by atoms with Gasteiger partial charge < -0.3 is 14.7 Å². The van der Waals surface area contributed by atoms with Crippen LogP contribution in [0.15, 0.2) is 36.4 Å². The van der Waals surface area contributed by atoms with Gasteiger partial charge in [0.2, 0.25) is 10.0 Å². The third-order valence-corrected chi connectivity index (χ3v) is 11.1. The summed E-state index contributed by atoms with van der Waals surface area (Å²) in [6, 6.07) is 11.1. The largest absolute Gasteiger partial charge is 0.487 e. The maximum Gasteiger partial charge on any atom is 0.264 e. The smallest absolute Gasteiger partial charge is 0.264 e. The molecular weight excluding hydrogens is 548 g/mol. The van der Waals surface area contributed by atoms with E-state index in [1.807, 2.05) is 18.2 Å². The molecule has 2 heterocycles. The first-order valence-electron chi connectivity index (χ1n) is 14.6. The number of nitrogens with zero attached hydrogens (tertiary/aromatic N) is 1. The van der Waals surface area contributed by atoms with Crippen LogP contribution in [0.5, 0.6) is 5.75 Å². The highest BCUT2D eigenvalue weighted by atomic mass is 35.5. The topological polar surface area (TPSA) is 95.9 Å². The quantitative estimate of drug-likeness (QED) is 0.409. The van der Waals surface area contributed by atoms with E-state index in [9.17, 15) is 18.3 Å². The lowest BCUT2D eigenvalue weighted by molar-refractivity contribution is 0.00157. The summed E-state index contributed by atoms with van der Waals surface area (Å²) in [4.78, 5) is 15.5. The van der Waals surface area contributed by atoms with Gasteiger partial charge in [0.15, 0.2) is 0 Å². The van der Waals surface area contributed by atoms with E-state index >= 15 is 0 Å². The lowest BCUT2D eigenvalue weighted by atomic mass is 9.68. The summed E-state index contributed by atoms with van der Waals surface area (Å²) in [5.74, 6) is 0.790. The molecule has 1 amide bonds. The molecule has 2 aliphatic heterocycles. The van der Waals surface area contributed by atoms with Gasteiger partial charge in [0.05, 0.1) is 17.0 Å². The van der Waals surface area contributed by atoms with Gasteiger partial charge in [-0.25, -0.2) is 13.1 Å². The number of hydrogen-bond donors (Lipinski definition) is 2. The lowest BCUT2D eigenvalue weighted by Crippen LogP contribution is -2.44. The molecule has 2 aromatic carbocycles. The van der Waals surface area contributed by atoms with Gasteiger partial charge in [0.1, 0.15) is 12.4 Å². The number of hydrogen-bond acceptors (Lipinski definition) is 6. The van der Waals surface area contributed by atoms with Crippen molar-refractivity contribution in [2.24, 2.45) is 17.8 Å². The number of sulfonamides is 1. The van der Waals surface area contributed by atoms with Crippen LogP contribution < -0.4 is 14.4 Å². The van der Waals surface area contributed by atoms with Gasteiger partial charge in [-0.15, -0.1) is 0 Å². The molecule has 9 heteroatoms. The minimum atomic E-state index is -3.85. The summed E-state index contributed by atoms with van der Waals surface area (Å²) in [5, 5.41) is 11.2. The fourth-order valence-electron chi connectivity index (χ4n) is 6.36. The van der Waals surface area contributed by atoms with E-state index in [1.165, 1.54) is 5.56 Å². The van der Waals surface area contributed by atoms with Crippen LogP contribution in [-0.4, -0.2) is 43.9 Å². The normalized spacial score (nSPS) is 29.4. The zero-order valence-electron chi connectivity index (χ0n) is 23.4. The first kappa shape index (κ1) is 29.2. The Kier molecular flexibility index (Phi) is 8.98. The average Bonchev–Trinajstić information content (AvgIpc) is 2.92. The first-order chi connectivity index (χ1) is 19.1. The van der Waals surface area contributed by atoms with Gasteiger partial charge in [-0.05, 0) is 118 Å². The van der Waals surface area contributed by atoms with Crippen LogP contribution in [0.25, 0.3) is 0 Å². The third kappa shape index (κ3) is 6.60. The average molecular weight is 589 g/mol. The summed E-state index contributed by atoms with van der Waals surface area (Å²) < 4.78 is 34.7. The number of aryl methyl sites for hydroxylation is 1. The number of nitrogens with one attached hydrogen (secondary N) is 1. The SMILES string of the molecule is C[C@H]1CC[C@H](C)S(=O)(=O)NC(=O)c2ccc3c(c2)N(CCCCc2cc(Cl)ccc2CO3)C[C@@H]2CC[C@H]2[C@@H](O)C1. The minimum Gasteiger partial charge on any atom is -0.487 e. The van der Waals surface area contributed by atoms with Gasteiger partial charge in [0.25, 0.3) is 5.91 Å². The highest BCUT2D eigenvalue weighted by Crippen LogP contribution is 2.42. The van der Waals surface area contributed by atoms with Gasteiger partial charge >= 0.3 is 0 Å². The summed E-state index contributed by atoms with van der Waals surface area (Å²) in [7, 11) is -3.85. The number of halogens is 1. The van der Waals surface area contributed by atoms with Crippen molar-refractivity contribution >= 4 is 33.2 Å². The van der Waals surface area contributed by atoms with Crippen LogP contribution in [0.2, 0.25) is 5.02 Å². The van der Waals surface area contributed by atoms with Crippen molar-refractivity contribution in [3.63, 3.8) is 0 Å². The van der Waals surface area contributed by atoms with Crippen LogP contribution in [0.4, 0.5) is 5.69 Å². The van der Waals surface area contributed by atoms with E-state index in [0.29, 0.717) is 42.6 Å². The van der Waals surface area contributed by atoms with E-state index in [2.05, 4.69) is 16.5 Å². The second kappa shape index (κ2) is 12.3. The van der Waals surface area contributed by atoms with Crippen LogP contribution in [-0.2, 0) is 23.1 Å². The number of carbonyl (C=O) groups excluding carboxylic acids is 1. The van der Waals surface area contributed by atoms with Crippen LogP contribution in [0.1, 0.15) is 80.3 Å². The fraction of sp³-hybridized carbons (Fsp3) is 0.581. The number of benzene rings is 2. The molecule has 5 atom stereocenters. The Bertz CT molecular complexity index is 1330. The van der Waals surface area contributed by atoms with Crippen molar-refractivity contribution in [3.05, 3.63) is 58.1 Å². The summed E-state index contributed by atoms with van der Waals surface area (Å²) in [6.07, 6.45) is 6.23. The molecule has 1 fully saturated rings. The standard InChI is InChI=1S/C31H41ClN2O5S/c1-20-6-7-21(2)40(37,38)33-31(36)23-10-13-30-28(17-23)34(18-24-9-12-27(24)29(35)15-20)14-4-3-5-22-16-26(32)11-8-25(22)19-39-30/h8,10-11,13,16-17,20-21,24,27,29,35H,3-7,9,12,14-15,18-19H2,1-2H3,(H,33,36)/t20-,21-,24-,27+,29-/m0/s1. The number of amides is 1. The maximum atomic E-state index is 13.2. The van der Waals surface area contributed by atoms with E-state index in [1.54, 1.807) is 25.1 Å². The molecule has 1 saturated carbocycles. The minimum absolute atomic E-state index is 0.193. The van der Waals surface area contributed by atoms with Crippen molar-refractivity contribution < 1.29 is 23.1 Å². The van der Waals surface area contributed by atoms with Crippen molar-refractivity contribution in [1.29, 1.82) is 0 Å². The number of rotatable bonds is 0. The van der Waals surface area contributed by atoms with Crippen LogP contribution >= 0.6 is 11.6 Å². The molecule has 0 radical (unpaired) electrons. The van der Waals surface area contributed by atoms with Crippen molar-refractivity contribution in [2.45, 2.75) is 83.2 Å². The molecule has 2 bridgehead atoms. The molecular formula is C31H41ClN2O5S. The molecule has 0 unspecified atom stereocenters. The van der Waals surface area contributed by atoms with Crippen LogP contribution in [0, 0.1) is 17.8 Å². The molecule has 1 aliphatic carbocycles. The third-order valence-electron chi connectivity index (χ3n) is 9.14. The zero-order valence-corrected chi connectivity index (χ0v) is 25.0. The Balaban J connectivity index is 1.52. The van der Waals surface area contributed by atoms with E-state index in [-0.39, 0.29) is 17.4 Å².